The molecule has 5 heteroatoms. The fraction of sp³-hybridized carbons (Fsp3) is 0.200. The van der Waals surface area contributed by atoms with Crippen LogP contribution in [0.5, 0.6) is 0 Å². The Morgan fingerprint density at radius 3 is 2.80 bits per heavy atom. The van der Waals surface area contributed by atoms with Crippen LogP contribution in [0, 0.1) is 0 Å². The van der Waals surface area contributed by atoms with E-state index in [1.165, 1.54) is 6.08 Å². The van der Waals surface area contributed by atoms with Crippen LogP contribution >= 0.6 is 24.0 Å². The largest absolute Gasteiger partial charge is 0.307 e. The summed E-state index contributed by atoms with van der Waals surface area (Å²) in [5, 5.41) is 12.4. The first-order valence-electron chi connectivity index (χ1n) is 2.55. The lowest BCUT2D eigenvalue weighted by atomic mass is 10.5. The molecular formula is C5H4NO2S2. The number of nitrogens with one attached hydrogen (secondary N) is 1. The number of thioether (sulfide) groups is 1. The highest BCUT2D eigenvalue weighted by Gasteiger charge is 2.21. The maximum absolute atomic E-state index is 10.7. The summed E-state index contributed by atoms with van der Waals surface area (Å²) in [6.45, 7) is -0.377. The molecule has 0 saturated carbocycles. The van der Waals surface area contributed by atoms with Crippen LogP contribution in [0.1, 0.15) is 0 Å². The number of carbonyl (C=O) groups excluding carboxylic acids is 1. The number of rotatable bonds is 1. The van der Waals surface area contributed by atoms with Crippen molar-refractivity contribution in [3.05, 3.63) is 11.0 Å². The zero-order chi connectivity index (χ0) is 7.56. The van der Waals surface area contributed by atoms with Crippen molar-refractivity contribution >= 4 is 34.2 Å². The number of amides is 1. The van der Waals surface area contributed by atoms with Gasteiger partial charge < -0.3 is 5.32 Å². The van der Waals surface area contributed by atoms with Crippen LogP contribution in [0.3, 0.4) is 0 Å². The van der Waals surface area contributed by atoms with Crippen molar-refractivity contribution in [2.24, 2.45) is 0 Å². The van der Waals surface area contributed by atoms with Gasteiger partial charge in [0.15, 0.2) is 0 Å². The monoisotopic (exact) mass is 174 g/mol. The van der Waals surface area contributed by atoms with Crippen LogP contribution < -0.4 is 5.32 Å². The quantitative estimate of drug-likeness (QED) is 0.464. The molecule has 0 atom stereocenters. The third-order valence-corrected chi connectivity index (χ3v) is 2.12. The highest BCUT2D eigenvalue weighted by atomic mass is 32.2. The summed E-state index contributed by atoms with van der Waals surface area (Å²) in [6.07, 6.45) is 1.32. The molecule has 1 saturated heterocycles. The first-order valence-corrected chi connectivity index (χ1v) is 3.78. The number of carbonyl (C=O) groups is 1. The summed E-state index contributed by atoms with van der Waals surface area (Å²) in [4.78, 5) is 11.2. The second-order valence-electron chi connectivity index (χ2n) is 1.58. The molecule has 0 aromatic rings. The minimum atomic E-state index is -0.377. The third-order valence-electron chi connectivity index (χ3n) is 0.911. The van der Waals surface area contributed by atoms with Crippen molar-refractivity contribution in [1.82, 2.24) is 5.32 Å². The maximum atomic E-state index is 10.7. The topological polar surface area (TPSA) is 49.0 Å². The molecule has 1 rings (SSSR count). The SMILES string of the molecule is [O]CC=C1SC(=S)NC1=O. The van der Waals surface area contributed by atoms with E-state index in [1.807, 2.05) is 0 Å². The second-order valence-corrected chi connectivity index (χ2v) is 3.30. The van der Waals surface area contributed by atoms with Gasteiger partial charge in [0, 0.05) is 0 Å². The summed E-state index contributed by atoms with van der Waals surface area (Å²) in [7, 11) is 0. The molecule has 10 heavy (non-hydrogen) atoms. The highest BCUT2D eigenvalue weighted by molar-refractivity contribution is 8.26. The van der Waals surface area contributed by atoms with E-state index in [4.69, 9.17) is 0 Å². The smallest absolute Gasteiger partial charge is 0.263 e. The summed E-state index contributed by atoms with van der Waals surface area (Å²) in [6, 6.07) is 0. The Hall–Kier alpha value is -0.390. The lowest BCUT2D eigenvalue weighted by Gasteiger charge is -1.84. The molecule has 1 amide bonds. The molecule has 1 N–H and O–H groups in total. The van der Waals surface area contributed by atoms with E-state index in [1.54, 1.807) is 0 Å². The van der Waals surface area contributed by atoms with Crippen LogP contribution in [0.4, 0.5) is 0 Å². The Morgan fingerprint density at radius 2 is 2.40 bits per heavy atom. The van der Waals surface area contributed by atoms with Gasteiger partial charge in [-0.2, -0.15) is 0 Å². The average molecular weight is 174 g/mol. The van der Waals surface area contributed by atoms with Crippen LogP contribution in [0.25, 0.3) is 0 Å². The lowest BCUT2D eigenvalue weighted by molar-refractivity contribution is -0.115. The van der Waals surface area contributed by atoms with Gasteiger partial charge in [0.05, 0.1) is 4.91 Å². The Bertz CT molecular complexity index is 212. The van der Waals surface area contributed by atoms with Gasteiger partial charge in [-0.25, -0.2) is 5.11 Å². The first kappa shape index (κ1) is 7.71. The van der Waals surface area contributed by atoms with E-state index in [0.717, 1.165) is 11.8 Å². The third kappa shape index (κ3) is 1.56. The van der Waals surface area contributed by atoms with Crippen molar-refractivity contribution in [2.45, 2.75) is 0 Å². The van der Waals surface area contributed by atoms with Crippen molar-refractivity contribution < 1.29 is 9.90 Å². The number of hydrogen-bond acceptors (Lipinski definition) is 3. The summed E-state index contributed by atoms with van der Waals surface area (Å²) in [5.41, 5.74) is 0. The predicted octanol–water partition coefficient (Wildman–Crippen LogP) is 0.449. The fourth-order valence-corrected chi connectivity index (χ4v) is 1.54. The summed E-state index contributed by atoms with van der Waals surface area (Å²) < 4.78 is 0.421. The summed E-state index contributed by atoms with van der Waals surface area (Å²) in [5.74, 6) is -0.258. The van der Waals surface area contributed by atoms with E-state index < -0.39 is 0 Å². The van der Waals surface area contributed by atoms with E-state index >= 15 is 0 Å². The van der Waals surface area contributed by atoms with Crippen molar-refractivity contribution in [1.29, 1.82) is 0 Å². The van der Waals surface area contributed by atoms with Gasteiger partial charge in [-0.05, 0) is 6.08 Å². The second kappa shape index (κ2) is 3.14. The molecule has 0 aromatic carbocycles. The minimum Gasteiger partial charge on any atom is -0.307 e. The molecule has 1 aliphatic heterocycles. The van der Waals surface area contributed by atoms with Crippen molar-refractivity contribution in [3.8, 4) is 0 Å². The molecule has 0 aromatic heterocycles. The van der Waals surface area contributed by atoms with Gasteiger partial charge in [-0.3, -0.25) is 4.79 Å². The molecule has 0 unspecified atom stereocenters. The minimum absolute atomic E-state index is 0.258. The van der Waals surface area contributed by atoms with E-state index in [0.29, 0.717) is 9.23 Å². The Balaban J connectivity index is 2.72. The van der Waals surface area contributed by atoms with Crippen LogP contribution in [0.15, 0.2) is 11.0 Å². The van der Waals surface area contributed by atoms with Crippen LogP contribution in [-0.2, 0) is 9.90 Å². The first-order chi connectivity index (χ1) is 4.74. The Labute approximate surface area is 67.5 Å². The van der Waals surface area contributed by atoms with Gasteiger partial charge in [-0.1, -0.05) is 24.0 Å². The predicted molar refractivity (Wildman–Crippen MR) is 42.0 cm³/mol. The molecular weight excluding hydrogens is 170 g/mol. The van der Waals surface area contributed by atoms with Crippen LogP contribution in [0.2, 0.25) is 0 Å². The number of thiocarbonyl (C=S) groups is 1. The Morgan fingerprint density at radius 1 is 1.70 bits per heavy atom. The lowest BCUT2D eigenvalue weighted by Crippen LogP contribution is -2.17. The van der Waals surface area contributed by atoms with E-state index in [9.17, 15) is 9.90 Å². The Kier molecular flexibility index (Phi) is 2.42. The molecule has 1 aliphatic rings. The van der Waals surface area contributed by atoms with Gasteiger partial charge in [0.2, 0.25) is 0 Å². The zero-order valence-electron chi connectivity index (χ0n) is 4.92. The molecule has 1 heterocycles. The fourth-order valence-electron chi connectivity index (χ4n) is 0.536. The zero-order valence-corrected chi connectivity index (χ0v) is 6.55. The van der Waals surface area contributed by atoms with Crippen LogP contribution in [-0.4, -0.2) is 16.8 Å². The van der Waals surface area contributed by atoms with Crippen molar-refractivity contribution in [3.63, 3.8) is 0 Å². The molecule has 0 aliphatic carbocycles. The maximum Gasteiger partial charge on any atom is 0.263 e. The molecule has 1 radical (unpaired) electrons. The van der Waals surface area contributed by atoms with Gasteiger partial charge in [0.1, 0.15) is 10.9 Å². The average Bonchev–Trinajstić information content (AvgIpc) is 2.13. The normalized spacial score (nSPS) is 21.9. The molecule has 1 fully saturated rings. The molecule has 0 bridgehead atoms. The van der Waals surface area contributed by atoms with Crippen molar-refractivity contribution in [2.75, 3.05) is 6.61 Å². The molecule has 53 valence electrons. The molecule has 3 nitrogen and oxygen atoms in total. The van der Waals surface area contributed by atoms with Gasteiger partial charge in [0.25, 0.3) is 5.91 Å². The van der Waals surface area contributed by atoms with E-state index in [-0.39, 0.29) is 12.5 Å². The van der Waals surface area contributed by atoms with Gasteiger partial charge >= 0.3 is 0 Å². The standard InChI is InChI=1S/C5H4NO2S2/c7-2-1-3-4(8)6-5(9)10-3/h1H,2H2,(H,6,8,9). The number of hydrogen-bond donors (Lipinski definition) is 1. The van der Waals surface area contributed by atoms with Gasteiger partial charge in [-0.15, -0.1) is 0 Å². The molecule has 0 spiro atoms. The highest BCUT2D eigenvalue weighted by Crippen LogP contribution is 2.22. The summed E-state index contributed by atoms with van der Waals surface area (Å²) >= 11 is 5.81. The van der Waals surface area contributed by atoms with E-state index in [2.05, 4.69) is 17.5 Å².